The SMILES string of the molecule is Cc1cc(F)ccc1[C@H]1CN(C(=O)OCc2ccccc2)CCN1C(=O)N(C)Cc1ccc(F)c(Cl)c1. The summed E-state index contributed by atoms with van der Waals surface area (Å²) in [5.41, 5.74) is 2.97. The van der Waals surface area contributed by atoms with Gasteiger partial charge in [0.1, 0.15) is 18.2 Å². The van der Waals surface area contributed by atoms with Crippen molar-refractivity contribution in [1.29, 1.82) is 0 Å². The number of piperazine rings is 1. The van der Waals surface area contributed by atoms with E-state index in [1.54, 1.807) is 35.9 Å². The van der Waals surface area contributed by atoms with Gasteiger partial charge < -0.3 is 19.4 Å². The number of rotatable bonds is 5. The third kappa shape index (κ3) is 6.38. The Morgan fingerprint density at radius 2 is 1.78 bits per heavy atom. The second kappa shape index (κ2) is 11.6. The van der Waals surface area contributed by atoms with Gasteiger partial charge in [0.05, 0.1) is 11.1 Å². The van der Waals surface area contributed by atoms with E-state index >= 15 is 0 Å². The molecule has 0 radical (unpaired) electrons. The van der Waals surface area contributed by atoms with Crippen LogP contribution in [0.3, 0.4) is 0 Å². The number of hydrogen-bond acceptors (Lipinski definition) is 3. The van der Waals surface area contributed by atoms with Gasteiger partial charge in [-0.15, -0.1) is 0 Å². The molecule has 0 aromatic heterocycles. The average molecular weight is 528 g/mol. The van der Waals surface area contributed by atoms with Crippen molar-refractivity contribution < 1.29 is 23.1 Å². The maximum absolute atomic E-state index is 13.9. The van der Waals surface area contributed by atoms with Gasteiger partial charge in [-0.1, -0.05) is 54.1 Å². The highest BCUT2D eigenvalue weighted by atomic mass is 35.5. The van der Waals surface area contributed by atoms with E-state index in [2.05, 4.69) is 0 Å². The highest BCUT2D eigenvalue weighted by Crippen LogP contribution is 2.30. The standard InChI is InChI=1S/C28H28ClF2N3O3/c1-19-14-22(30)9-10-23(19)26-17-33(28(36)37-18-20-6-4-3-5-7-20)12-13-34(26)27(35)32(2)16-21-8-11-25(31)24(29)15-21/h3-11,14-15,26H,12-13,16-18H2,1-2H3/t26-/m1/s1. The van der Waals surface area contributed by atoms with Crippen molar-refractivity contribution in [2.24, 2.45) is 0 Å². The predicted molar refractivity (Wildman–Crippen MR) is 137 cm³/mol. The molecule has 1 aliphatic rings. The molecule has 0 aliphatic carbocycles. The minimum atomic E-state index is -0.526. The van der Waals surface area contributed by atoms with Gasteiger partial charge in [0, 0.05) is 33.2 Å². The van der Waals surface area contributed by atoms with Crippen molar-refractivity contribution >= 4 is 23.7 Å². The zero-order valence-electron chi connectivity index (χ0n) is 20.7. The van der Waals surface area contributed by atoms with Gasteiger partial charge in [0.2, 0.25) is 0 Å². The number of benzene rings is 3. The molecule has 3 aromatic rings. The molecule has 1 saturated heterocycles. The summed E-state index contributed by atoms with van der Waals surface area (Å²) in [6.45, 7) is 2.87. The fraction of sp³-hybridized carbons (Fsp3) is 0.286. The molecule has 194 valence electrons. The second-order valence-corrected chi connectivity index (χ2v) is 9.49. The number of ether oxygens (including phenoxy) is 1. The van der Waals surface area contributed by atoms with E-state index in [4.69, 9.17) is 16.3 Å². The van der Waals surface area contributed by atoms with E-state index in [0.717, 1.165) is 11.1 Å². The molecule has 1 atom stereocenters. The molecular formula is C28H28ClF2N3O3. The fourth-order valence-corrected chi connectivity index (χ4v) is 4.67. The van der Waals surface area contributed by atoms with Crippen LogP contribution in [0.1, 0.15) is 28.3 Å². The van der Waals surface area contributed by atoms with Crippen LogP contribution < -0.4 is 0 Å². The molecule has 0 spiro atoms. The summed E-state index contributed by atoms with van der Waals surface area (Å²) in [4.78, 5) is 31.2. The summed E-state index contributed by atoms with van der Waals surface area (Å²) in [5.74, 6) is -0.902. The third-order valence-electron chi connectivity index (χ3n) is 6.41. The largest absolute Gasteiger partial charge is 0.445 e. The molecule has 4 rings (SSSR count). The lowest BCUT2D eigenvalue weighted by Crippen LogP contribution is -2.55. The van der Waals surface area contributed by atoms with Gasteiger partial charge in [-0.05, 0) is 53.4 Å². The Labute approximate surface area is 220 Å². The van der Waals surface area contributed by atoms with Gasteiger partial charge in [-0.2, -0.15) is 0 Å². The Kier molecular flexibility index (Phi) is 8.28. The van der Waals surface area contributed by atoms with Crippen molar-refractivity contribution in [3.8, 4) is 0 Å². The molecule has 0 unspecified atom stereocenters. The van der Waals surface area contributed by atoms with E-state index in [0.29, 0.717) is 11.1 Å². The van der Waals surface area contributed by atoms with E-state index in [9.17, 15) is 18.4 Å². The molecule has 0 saturated carbocycles. The lowest BCUT2D eigenvalue weighted by Gasteiger charge is -2.43. The Bertz CT molecular complexity index is 1270. The van der Waals surface area contributed by atoms with Gasteiger partial charge in [0.15, 0.2) is 0 Å². The molecule has 3 amide bonds. The monoisotopic (exact) mass is 527 g/mol. The number of carbonyl (C=O) groups is 2. The number of urea groups is 1. The lowest BCUT2D eigenvalue weighted by atomic mass is 9.97. The summed E-state index contributed by atoms with van der Waals surface area (Å²) in [6, 6.07) is 17.3. The first-order valence-corrected chi connectivity index (χ1v) is 12.3. The molecular weight excluding hydrogens is 500 g/mol. The highest BCUT2D eigenvalue weighted by Gasteiger charge is 2.36. The van der Waals surface area contributed by atoms with Crippen molar-refractivity contribution in [1.82, 2.24) is 14.7 Å². The van der Waals surface area contributed by atoms with Crippen molar-refractivity contribution in [3.05, 3.63) is 106 Å². The van der Waals surface area contributed by atoms with Crippen LogP contribution >= 0.6 is 11.6 Å². The van der Waals surface area contributed by atoms with Crippen LogP contribution in [0.25, 0.3) is 0 Å². The number of amides is 3. The van der Waals surface area contributed by atoms with Crippen molar-refractivity contribution in [2.45, 2.75) is 26.1 Å². The topological polar surface area (TPSA) is 53.1 Å². The number of aryl methyl sites for hydroxylation is 1. The Balaban J connectivity index is 1.52. The van der Waals surface area contributed by atoms with Gasteiger partial charge >= 0.3 is 12.1 Å². The molecule has 1 aliphatic heterocycles. The number of carbonyl (C=O) groups excluding carboxylic acids is 2. The number of nitrogens with zero attached hydrogens (tertiary/aromatic N) is 3. The fourth-order valence-electron chi connectivity index (χ4n) is 4.47. The van der Waals surface area contributed by atoms with Crippen LogP contribution in [0.2, 0.25) is 5.02 Å². The molecule has 0 bridgehead atoms. The van der Waals surface area contributed by atoms with Gasteiger partial charge in [-0.3, -0.25) is 0 Å². The molecule has 1 heterocycles. The van der Waals surface area contributed by atoms with Crippen LogP contribution in [0, 0.1) is 18.6 Å². The molecule has 6 nitrogen and oxygen atoms in total. The van der Waals surface area contributed by atoms with Crippen LogP contribution in [-0.2, 0) is 17.9 Å². The van der Waals surface area contributed by atoms with E-state index in [1.807, 2.05) is 30.3 Å². The summed E-state index contributed by atoms with van der Waals surface area (Å²) < 4.78 is 32.9. The number of halogens is 3. The number of hydrogen-bond donors (Lipinski definition) is 0. The Morgan fingerprint density at radius 3 is 2.49 bits per heavy atom. The minimum Gasteiger partial charge on any atom is -0.445 e. The molecule has 9 heteroatoms. The summed E-state index contributed by atoms with van der Waals surface area (Å²) >= 11 is 5.90. The summed E-state index contributed by atoms with van der Waals surface area (Å²) in [7, 11) is 1.65. The zero-order chi connectivity index (χ0) is 26.5. The molecule has 3 aromatic carbocycles. The first kappa shape index (κ1) is 26.4. The quantitative estimate of drug-likeness (QED) is 0.398. The zero-order valence-corrected chi connectivity index (χ0v) is 21.4. The Morgan fingerprint density at radius 1 is 1.03 bits per heavy atom. The van der Waals surface area contributed by atoms with Crippen LogP contribution in [-0.4, -0.2) is 53.5 Å². The van der Waals surface area contributed by atoms with Gasteiger partial charge in [-0.25, -0.2) is 18.4 Å². The van der Waals surface area contributed by atoms with Crippen molar-refractivity contribution in [3.63, 3.8) is 0 Å². The molecule has 0 N–H and O–H groups in total. The molecule has 1 fully saturated rings. The van der Waals surface area contributed by atoms with Crippen LogP contribution in [0.4, 0.5) is 18.4 Å². The minimum absolute atomic E-state index is 0.0132. The smallest absolute Gasteiger partial charge is 0.410 e. The average Bonchev–Trinajstić information content (AvgIpc) is 2.89. The Hall–Kier alpha value is -3.65. The van der Waals surface area contributed by atoms with Crippen LogP contribution in [0.15, 0.2) is 66.7 Å². The first-order valence-electron chi connectivity index (χ1n) is 11.9. The maximum Gasteiger partial charge on any atom is 0.410 e. The maximum atomic E-state index is 13.9. The highest BCUT2D eigenvalue weighted by molar-refractivity contribution is 6.30. The summed E-state index contributed by atoms with van der Waals surface area (Å²) in [6.07, 6.45) is -0.477. The van der Waals surface area contributed by atoms with Crippen LogP contribution in [0.5, 0.6) is 0 Å². The van der Waals surface area contributed by atoms with E-state index in [-0.39, 0.29) is 49.7 Å². The normalized spacial score (nSPS) is 15.4. The van der Waals surface area contributed by atoms with E-state index in [1.165, 1.54) is 29.2 Å². The predicted octanol–water partition coefficient (Wildman–Crippen LogP) is 6.17. The second-order valence-electron chi connectivity index (χ2n) is 9.08. The van der Waals surface area contributed by atoms with Crippen molar-refractivity contribution in [2.75, 3.05) is 26.7 Å². The third-order valence-corrected chi connectivity index (χ3v) is 6.70. The lowest BCUT2D eigenvalue weighted by molar-refractivity contribution is 0.0511. The summed E-state index contributed by atoms with van der Waals surface area (Å²) in [5, 5.41) is -0.0132. The molecule has 37 heavy (non-hydrogen) atoms. The van der Waals surface area contributed by atoms with Gasteiger partial charge in [0.25, 0.3) is 0 Å². The van der Waals surface area contributed by atoms with E-state index < -0.39 is 18.0 Å². The first-order chi connectivity index (χ1) is 17.7.